The lowest BCUT2D eigenvalue weighted by Gasteiger charge is -2.18. The SMILES string of the molecule is O=C(/C=C/c1ccc2c(c1)OCO2)Nc1nnc(C2CCCCC2)s1. The monoisotopic (exact) mass is 357 g/mol. The second kappa shape index (κ2) is 7.23. The molecule has 2 aliphatic rings. The van der Waals surface area contributed by atoms with Gasteiger partial charge in [0.25, 0.3) is 0 Å². The Labute approximate surface area is 149 Å². The van der Waals surface area contributed by atoms with Gasteiger partial charge in [-0.15, -0.1) is 10.2 Å². The molecule has 0 atom stereocenters. The Kier molecular flexibility index (Phi) is 4.65. The molecule has 1 aliphatic carbocycles. The number of nitrogens with one attached hydrogen (secondary N) is 1. The average molecular weight is 357 g/mol. The summed E-state index contributed by atoms with van der Waals surface area (Å²) in [6.45, 7) is 0.239. The number of aromatic nitrogens is 2. The molecule has 6 nitrogen and oxygen atoms in total. The molecule has 1 fully saturated rings. The summed E-state index contributed by atoms with van der Waals surface area (Å²) in [6.07, 6.45) is 9.39. The second-order valence-electron chi connectivity index (χ2n) is 6.22. The molecule has 2 heterocycles. The van der Waals surface area contributed by atoms with Gasteiger partial charge in [0, 0.05) is 12.0 Å². The van der Waals surface area contributed by atoms with Crippen LogP contribution in [0.1, 0.15) is 48.6 Å². The molecule has 0 radical (unpaired) electrons. The van der Waals surface area contributed by atoms with Crippen LogP contribution in [0.4, 0.5) is 5.13 Å². The molecule has 1 amide bonds. The quantitative estimate of drug-likeness (QED) is 0.838. The van der Waals surface area contributed by atoms with E-state index in [0.29, 0.717) is 16.8 Å². The van der Waals surface area contributed by atoms with Crippen molar-refractivity contribution in [1.29, 1.82) is 0 Å². The van der Waals surface area contributed by atoms with E-state index in [9.17, 15) is 4.79 Å². The number of anilines is 1. The van der Waals surface area contributed by atoms with E-state index in [1.807, 2.05) is 18.2 Å². The van der Waals surface area contributed by atoms with Crippen molar-refractivity contribution in [2.45, 2.75) is 38.0 Å². The summed E-state index contributed by atoms with van der Waals surface area (Å²) in [4.78, 5) is 12.1. The molecule has 7 heteroatoms. The topological polar surface area (TPSA) is 73.3 Å². The minimum atomic E-state index is -0.219. The van der Waals surface area contributed by atoms with E-state index in [1.54, 1.807) is 6.08 Å². The minimum absolute atomic E-state index is 0.219. The van der Waals surface area contributed by atoms with E-state index in [2.05, 4.69) is 15.5 Å². The molecule has 2 aromatic rings. The summed E-state index contributed by atoms with van der Waals surface area (Å²) in [5.74, 6) is 1.71. The first kappa shape index (κ1) is 16.1. The van der Waals surface area contributed by atoms with Crippen LogP contribution in [0, 0.1) is 0 Å². The van der Waals surface area contributed by atoms with Gasteiger partial charge in [0.2, 0.25) is 17.8 Å². The standard InChI is InChI=1S/C18H19N3O3S/c22-16(9-7-12-6-8-14-15(10-12)24-11-23-14)19-18-21-20-17(25-18)13-4-2-1-3-5-13/h6-10,13H,1-5,11H2,(H,19,21,22)/b9-7+. The molecule has 4 rings (SSSR count). The molecule has 1 aromatic carbocycles. The molecule has 1 aliphatic heterocycles. The summed E-state index contributed by atoms with van der Waals surface area (Å²) >= 11 is 1.48. The first-order valence-electron chi connectivity index (χ1n) is 8.50. The number of rotatable bonds is 4. The molecule has 1 saturated carbocycles. The zero-order chi connectivity index (χ0) is 17.1. The largest absolute Gasteiger partial charge is 0.454 e. The third kappa shape index (κ3) is 3.82. The van der Waals surface area contributed by atoms with Gasteiger partial charge in [-0.3, -0.25) is 10.1 Å². The van der Waals surface area contributed by atoms with Crippen molar-refractivity contribution in [2.75, 3.05) is 12.1 Å². The number of carbonyl (C=O) groups excluding carboxylic acids is 1. The number of amides is 1. The van der Waals surface area contributed by atoms with E-state index < -0.39 is 0 Å². The van der Waals surface area contributed by atoms with Gasteiger partial charge >= 0.3 is 0 Å². The highest BCUT2D eigenvalue weighted by atomic mass is 32.1. The second-order valence-corrected chi connectivity index (χ2v) is 7.22. The molecular formula is C18H19N3O3S. The van der Waals surface area contributed by atoms with Crippen molar-refractivity contribution in [1.82, 2.24) is 10.2 Å². The lowest BCUT2D eigenvalue weighted by Crippen LogP contribution is -2.07. The van der Waals surface area contributed by atoms with Crippen LogP contribution in [0.3, 0.4) is 0 Å². The Morgan fingerprint density at radius 1 is 1.16 bits per heavy atom. The highest BCUT2D eigenvalue weighted by Crippen LogP contribution is 2.35. The van der Waals surface area contributed by atoms with Crippen LogP contribution < -0.4 is 14.8 Å². The first-order valence-corrected chi connectivity index (χ1v) is 9.32. The molecule has 0 saturated heterocycles. The van der Waals surface area contributed by atoms with Crippen LogP contribution >= 0.6 is 11.3 Å². The molecule has 0 bridgehead atoms. The van der Waals surface area contributed by atoms with Gasteiger partial charge in [-0.05, 0) is 36.6 Å². The van der Waals surface area contributed by atoms with Crippen molar-refractivity contribution in [3.63, 3.8) is 0 Å². The van der Waals surface area contributed by atoms with Crippen LogP contribution in [-0.4, -0.2) is 22.9 Å². The highest BCUT2D eigenvalue weighted by molar-refractivity contribution is 7.15. The lowest BCUT2D eigenvalue weighted by molar-refractivity contribution is -0.111. The Bertz CT molecular complexity index is 797. The fourth-order valence-corrected chi connectivity index (χ4v) is 4.05. The fourth-order valence-electron chi connectivity index (χ4n) is 3.14. The summed E-state index contributed by atoms with van der Waals surface area (Å²) in [7, 11) is 0. The van der Waals surface area contributed by atoms with Crippen molar-refractivity contribution in [3.8, 4) is 11.5 Å². The number of benzene rings is 1. The molecule has 1 aromatic heterocycles. The smallest absolute Gasteiger partial charge is 0.250 e. The van der Waals surface area contributed by atoms with E-state index in [-0.39, 0.29) is 12.7 Å². The Hall–Kier alpha value is -2.41. The summed E-state index contributed by atoms with van der Waals surface area (Å²) in [6, 6.07) is 5.56. The van der Waals surface area contributed by atoms with Crippen LogP contribution in [-0.2, 0) is 4.79 Å². The van der Waals surface area contributed by atoms with E-state index in [1.165, 1.54) is 49.5 Å². The Morgan fingerprint density at radius 3 is 2.88 bits per heavy atom. The normalized spacial score (nSPS) is 17.1. The third-order valence-corrected chi connectivity index (χ3v) is 5.45. The van der Waals surface area contributed by atoms with Crippen molar-refractivity contribution in [3.05, 3.63) is 34.8 Å². The van der Waals surface area contributed by atoms with Crippen LogP contribution in [0.15, 0.2) is 24.3 Å². The Morgan fingerprint density at radius 2 is 2.00 bits per heavy atom. The summed E-state index contributed by atoms with van der Waals surface area (Å²) in [5.41, 5.74) is 0.875. The van der Waals surface area contributed by atoms with Gasteiger partial charge in [-0.2, -0.15) is 0 Å². The van der Waals surface area contributed by atoms with E-state index in [4.69, 9.17) is 9.47 Å². The maximum absolute atomic E-state index is 12.1. The first-order chi connectivity index (χ1) is 12.3. The summed E-state index contributed by atoms with van der Waals surface area (Å²) < 4.78 is 10.6. The molecule has 0 unspecified atom stereocenters. The number of nitrogens with zero attached hydrogens (tertiary/aromatic N) is 2. The van der Waals surface area contributed by atoms with Gasteiger partial charge in [-0.25, -0.2) is 0 Å². The zero-order valence-corrected chi connectivity index (χ0v) is 14.6. The lowest BCUT2D eigenvalue weighted by atomic mass is 9.90. The number of ether oxygens (including phenoxy) is 2. The average Bonchev–Trinajstić information content (AvgIpc) is 3.29. The molecule has 1 N–H and O–H groups in total. The molecule has 25 heavy (non-hydrogen) atoms. The number of hydrogen-bond donors (Lipinski definition) is 1. The molecule has 130 valence electrons. The van der Waals surface area contributed by atoms with E-state index >= 15 is 0 Å². The predicted molar refractivity (Wildman–Crippen MR) is 96.0 cm³/mol. The predicted octanol–water partition coefficient (Wildman–Crippen LogP) is 3.97. The van der Waals surface area contributed by atoms with E-state index in [0.717, 1.165) is 16.3 Å². The highest BCUT2D eigenvalue weighted by Gasteiger charge is 2.20. The maximum Gasteiger partial charge on any atom is 0.250 e. The Balaban J connectivity index is 1.36. The summed E-state index contributed by atoms with van der Waals surface area (Å²) in [5, 5.41) is 12.7. The fraction of sp³-hybridized carbons (Fsp3) is 0.389. The number of carbonyl (C=O) groups is 1. The van der Waals surface area contributed by atoms with Gasteiger partial charge < -0.3 is 9.47 Å². The molecular weight excluding hydrogens is 338 g/mol. The number of hydrogen-bond acceptors (Lipinski definition) is 6. The zero-order valence-electron chi connectivity index (χ0n) is 13.7. The van der Waals surface area contributed by atoms with Gasteiger partial charge in [-0.1, -0.05) is 36.7 Å². The van der Waals surface area contributed by atoms with Gasteiger partial charge in [0.05, 0.1) is 0 Å². The number of fused-ring (bicyclic) bond motifs is 1. The third-order valence-electron chi connectivity index (χ3n) is 4.45. The molecule has 0 spiro atoms. The van der Waals surface area contributed by atoms with Crippen LogP contribution in [0.5, 0.6) is 11.5 Å². The van der Waals surface area contributed by atoms with Gasteiger partial charge in [0.1, 0.15) is 5.01 Å². The maximum atomic E-state index is 12.1. The van der Waals surface area contributed by atoms with Crippen molar-refractivity contribution >= 4 is 28.5 Å². The minimum Gasteiger partial charge on any atom is -0.454 e. The van der Waals surface area contributed by atoms with Crippen LogP contribution in [0.25, 0.3) is 6.08 Å². The van der Waals surface area contributed by atoms with Gasteiger partial charge in [0.15, 0.2) is 11.5 Å². The van der Waals surface area contributed by atoms with Crippen LogP contribution in [0.2, 0.25) is 0 Å². The van der Waals surface area contributed by atoms with Crippen molar-refractivity contribution in [2.24, 2.45) is 0 Å². The van der Waals surface area contributed by atoms with Crippen molar-refractivity contribution < 1.29 is 14.3 Å².